The summed E-state index contributed by atoms with van der Waals surface area (Å²) in [7, 11) is -1.62. The quantitative estimate of drug-likeness (QED) is 0.168. The monoisotopic (exact) mass is 651 g/mol. The molecule has 0 unspecified atom stereocenters. The molecule has 0 spiro atoms. The molecule has 0 N–H and O–H groups in total. The third kappa shape index (κ3) is 6.29. The molecular formula is C44H45N3Si. The maximum atomic E-state index is 9.29. The molecule has 0 radical (unpaired) electrons. The minimum atomic E-state index is -1.62. The highest BCUT2D eigenvalue weighted by Crippen LogP contribution is 2.46. The Kier molecular flexibility index (Phi) is 5.95. The Balaban J connectivity index is 1.47. The van der Waals surface area contributed by atoms with E-state index in [-0.39, 0.29) is 51.0 Å². The molecule has 0 atom stereocenters. The summed E-state index contributed by atoms with van der Waals surface area (Å²) in [5, 5.41) is 1.26. The van der Waals surface area contributed by atoms with E-state index in [0.29, 0.717) is 22.8 Å². The first-order valence-corrected chi connectivity index (χ1v) is 20.0. The SMILES string of the molecule is [2H]c1c([2H])c(-c2ccccc2)c([2H])c(-c2c([2H])c([2H])c(-c3nc(-c4ccc([Si](C)(C)C)cc4)nc(-c4ccc5c(c4)C(C)(C)CCC5(C)C)n3)c([2H])c2[2H])c1[2H]. The van der Waals surface area contributed by atoms with Gasteiger partial charge >= 0.3 is 0 Å². The summed E-state index contributed by atoms with van der Waals surface area (Å²) in [6.45, 7) is 15.8. The van der Waals surface area contributed by atoms with Gasteiger partial charge in [0, 0.05) is 16.7 Å². The molecule has 0 fully saturated rings. The first kappa shape index (κ1) is 23.6. The van der Waals surface area contributed by atoms with Crippen LogP contribution in [0, 0.1) is 0 Å². The molecular weight excluding hydrogens is 599 g/mol. The van der Waals surface area contributed by atoms with Crippen molar-refractivity contribution in [2.75, 3.05) is 0 Å². The second kappa shape index (κ2) is 12.1. The summed E-state index contributed by atoms with van der Waals surface area (Å²) >= 11 is 0. The average molecular weight is 652 g/mol. The van der Waals surface area contributed by atoms with Gasteiger partial charge in [-0.2, -0.15) is 0 Å². The van der Waals surface area contributed by atoms with Crippen molar-refractivity contribution in [1.82, 2.24) is 15.0 Å². The number of fused-ring (bicyclic) bond motifs is 1. The minimum absolute atomic E-state index is 0.00460. The standard InChI is InChI=1S/C44H45N3Si/c1-43(2)26-27-44(3,4)39-29-36(22-25-38(39)43)42-46-40(45-41(47-42)33-20-23-37(24-21-33)48(5,6)7)32-18-16-31(17-19-32)35-15-11-14-34(28-35)30-12-9-8-10-13-30/h8-25,28-29H,26-27H2,1-7H3/i11D,14D,15D,16D,17D,18D,19D,28D. The zero-order chi connectivity index (χ0) is 40.6. The highest BCUT2D eigenvalue weighted by atomic mass is 28.3. The Morgan fingerprint density at radius 3 is 1.67 bits per heavy atom. The molecule has 1 aromatic heterocycles. The van der Waals surface area contributed by atoms with Crippen LogP contribution < -0.4 is 5.19 Å². The van der Waals surface area contributed by atoms with E-state index in [1.54, 1.807) is 30.3 Å². The Morgan fingerprint density at radius 1 is 0.521 bits per heavy atom. The summed E-state index contributed by atoms with van der Waals surface area (Å²) in [5.74, 6) is 0.621. The van der Waals surface area contributed by atoms with Gasteiger partial charge in [0.2, 0.25) is 0 Å². The summed E-state index contributed by atoms with van der Waals surface area (Å²) in [4.78, 5) is 14.6. The predicted octanol–water partition coefficient (Wildman–Crippen LogP) is 11.1. The van der Waals surface area contributed by atoms with E-state index in [1.807, 2.05) is 18.2 Å². The number of nitrogens with zero attached hydrogens (tertiary/aromatic N) is 3. The molecule has 1 heterocycles. The topological polar surface area (TPSA) is 38.7 Å². The van der Waals surface area contributed by atoms with E-state index in [0.717, 1.165) is 18.4 Å². The maximum Gasteiger partial charge on any atom is 0.164 e. The van der Waals surface area contributed by atoms with Gasteiger partial charge in [-0.25, -0.2) is 15.0 Å². The molecule has 5 aromatic carbocycles. The average Bonchev–Trinajstić information content (AvgIpc) is 3.16. The van der Waals surface area contributed by atoms with Gasteiger partial charge in [-0.15, -0.1) is 0 Å². The van der Waals surface area contributed by atoms with Crippen molar-refractivity contribution < 1.29 is 11.0 Å². The van der Waals surface area contributed by atoms with Crippen LogP contribution in [0.15, 0.2) is 121 Å². The van der Waals surface area contributed by atoms with Crippen LogP contribution in [0.2, 0.25) is 19.6 Å². The Morgan fingerprint density at radius 2 is 1.04 bits per heavy atom. The fraction of sp³-hybridized carbons (Fsp3) is 0.250. The first-order chi connectivity index (χ1) is 26.2. The molecule has 7 rings (SSSR count). The zero-order valence-corrected chi connectivity index (χ0v) is 29.7. The Hall–Kier alpha value is -4.67. The molecule has 0 saturated heterocycles. The van der Waals surface area contributed by atoms with Crippen LogP contribution in [-0.4, -0.2) is 23.0 Å². The molecule has 3 nitrogen and oxygen atoms in total. The summed E-state index contributed by atoms with van der Waals surface area (Å²) in [6.07, 6.45) is 2.08. The van der Waals surface area contributed by atoms with E-state index < -0.39 is 44.3 Å². The van der Waals surface area contributed by atoms with Crippen LogP contribution in [0.3, 0.4) is 0 Å². The zero-order valence-electron chi connectivity index (χ0n) is 36.7. The van der Waals surface area contributed by atoms with Crippen LogP contribution in [0.25, 0.3) is 56.4 Å². The normalized spacial score (nSPS) is 17.5. The van der Waals surface area contributed by atoms with E-state index in [1.165, 1.54) is 16.3 Å². The molecule has 6 aromatic rings. The highest BCUT2D eigenvalue weighted by molar-refractivity contribution is 6.88. The molecule has 0 saturated carbocycles. The lowest BCUT2D eigenvalue weighted by Gasteiger charge is -2.42. The fourth-order valence-corrected chi connectivity index (χ4v) is 7.53. The van der Waals surface area contributed by atoms with Crippen molar-refractivity contribution in [3.05, 3.63) is 132 Å². The van der Waals surface area contributed by atoms with Gasteiger partial charge in [-0.05, 0) is 69.2 Å². The number of hydrogen-bond donors (Lipinski definition) is 0. The summed E-state index contributed by atoms with van der Waals surface area (Å²) in [6, 6.07) is 19.5. The van der Waals surface area contributed by atoms with Crippen LogP contribution in [0.5, 0.6) is 0 Å². The highest BCUT2D eigenvalue weighted by Gasteiger charge is 2.37. The van der Waals surface area contributed by atoms with Crippen molar-refractivity contribution in [2.24, 2.45) is 0 Å². The van der Waals surface area contributed by atoms with Crippen LogP contribution >= 0.6 is 0 Å². The molecule has 1 aliphatic carbocycles. The lowest BCUT2D eigenvalue weighted by molar-refractivity contribution is 0.332. The molecule has 0 aliphatic heterocycles. The second-order valence-electron chi connectivity index (χ2n) is 15.0. The molecule has 4 heteroatoms. The maximum absolute atomic E-state index is 9.29. The van der Waals surface area contributed by atoms with Gasteiger partial charge in [-0.3, -0.25) is 0 Å². The minimum Gasteiger partial charge on any atom is -0.208 e. The first-order valence-electron chi connectivity index (χ1n) is 20.5. The molecule has 0 bridgehead atoms. The van der Waals surface area contributed by atoms with Gasteiger partial charge in [0.1, 0.15) is 0 Å². The van der Waals surface area contributed by atoms with Crippen molar-refractivity contribution in [1.29, 1.82) is 0 Å². The predicted molar refractivity (Wildman–Crippen MR) is 205 cm³/mol. The summed E-state index contributed by atoms with van der Waals surface area (Å²) in [5.41, 5.74) is 3.73. The van der Waals surface area contributed by atoms with Crippen LogP contribution in [-0.2, 0) is 10.8 Å². The second-order valence-corrected chi connectivity index (χ2v) is 20.1. The van der Waals surface area contributed by atoms with Crippen LogP contribution in [0.4, 0.5) is 0 Å². The Labute approximate surface area is 298 Å². The number of hydrogen-bond acceptors (Lipinski definition) is 3. The third-order valence-corrected chi connectivity index (χ3v) is 11.6. The largest absolute Gasteiger partial charge is 0.208 e. The third-order valence-electron chi connectivity index (χ3n) is 9.54. The lowest BCUT2D eigenvalue weighted by Crippen LogP contribution is -2.37. The van der Waals surface area contributed by atoms with Crippen molar-refractivity contribution in [2.45, 2.75) is 71.0 Å². The molecule has 0 amide bonds. The van der Waals surface area contributed by atoms with Crippen LogP contribution in [0.1, 0.15) is 62.6 Å². The van der Waals surface area contributed by atoms with E-state index in [9.17, 15) is 5.48 Å². The van der Waals surface area contributed by atoms with Crippen molar-refractivity contribution in [3.63, 3.8) is 0 Å². The van der Waals surface area contributed by atoms with Gasteiger partial charge in [0.05, 0.1) is 19.0 Å². The van der Waals surface area contributed by atoms with Gasteiger partial charge < -0.3 is 0 Å². The molecule has 240 valence electrons. The van der Waals surface area contributed by atoms with E-state index in [4.69, 9.17) is 20.4 Å². The van der Waals surface area contributed by atoms with Gasteiger partial charge in [0.25, 0.3) is 0 Å². The summed E-state index contributed by atoms with van der Waals surface area (Å²) < 4.78 is 72.2. The van der Waals surface area contributed by atoms with E-state index >= 15 is 0 Å². The van der Waals surface area contributed by atoms with E-state index in [2.05, 4.69) is 71.6 Å². The van der Waals surface area contributed by atoms with Crippen molar-refractivity contribution >= 4 is 13.3 Å². The van der Waals surface area contributed by atoms with Gasteiger partial charge in [0.15, 0.2) is 17.5 Å². The number of aromatic nitrogens is 3. The number of rotatable bonds is 6. The smallest absolute Gasteiger partial charge is 0.164 e. The molecule has 48 heavy (non-hydrogen) atoms. The fourth-order valence-electron chi connectivity index (χ4n) is 6.36. The Bertz CT molecular complexity index is 2520. The number of benzene rings is 5. The molecule has 1 aliphatic rings. The van der Waals surface area contributed by atoms with Crippen molar-refractivity contribution in [3.8, 4) is 56.4 Å². The lowest BCUT2D eigenvalue weighted by atomic mass is 9.63. The van der Waals surface area contributed by atoms with Gasteiger partial charge in [-0.1, -0.05) is 162 Å².